The molecule has 41 heavy (non-hydrogen) atoms. The van der Waals surface area contributed by atoms with E-state index in [0.717, 1.165) is 23.5 Å². The molecule has 1 aromatic heterocycles. The number of thiophene rings is 1. The molecule has 0 fully saturated rings. The first-order valence-corrected chi connectivity index (χ1v) is 15.2. The quantitative estimate of drug-likeness (QED) is 0.226. The van der Waals surface area contributed by atoms with E-state index in [2.05, 4.69) is 27.1 Å². The molecule has 0 saturated carbocycles. The van der Waals surface area contributed by atoms with Crippen LogP contribution in [0.1, 0.15) is 43.6 Å². The van der Waals surface area contributed by atoms with Crippen LogP contribution in [0.25, 0.3) is 0 Å². The van der Waals surface area contributed by atoms with E-state index >= 15 is 0 Å². The van der Waals surface area contributed by atoms with Crippen molar-refractivity contribution < 1.29 is 22.7 Å². The molecule has 0 atom stereocenters. The molecule has 214 valence electrons. The van der Waals surface area contributed by atoms with E-state index in [4.69, 9.17) is 4.74 Å². The molecule has 11 heteroatoms. The highest BCUT2D eigenvalue weighted by atomic mass is 35.5. The lowest BCUT2D eigenvalue weighted by atomic mass is 10.0. The van der Waals surface area contributed by atoms with Crippen molar-refractivity contribution in [2.75, 3.05) is 23.2 Å². The van der Waals surface area contributed by atoms with Crippen molar-refractivity contribution in [1.29, 1.82) is 0 Å². The van der Waals surface area contributed by atoms with Crippen LogP contribution in [0.4, 0.5) is 10.7 Å². The number of nitrogens with one attached hydrogen (secondary N) is 2. The molecule has 1 aliphatic rings. The zero-order valence-corrected chi connectivity index (χ0v) is 24.8. The van der Waals surface area contributed by atoms with Crippen LogP contribution >= 0.6 is 23.7 Å². The first kappa shape index (κ1) is 30.3. The maximum atomic E-state index is 13.2. The minimum Gasteiger partial charge on any atom is -0.462 e. The average Bonchev–Trinajstić information content (AvgIpc) is 3.31. The summed E-state index contributed by atoms with van der Waals surface area (Å²) in [5.74, 6) is -0.847. The van der Waals surface area contributed by atoms with Crippen LogP contribution in [0.15, 0.2) is 89.8 Å². The van der Waals surface area contributed by atoms with Gasteiger partial charge in [-0.15, -0.1) is 23.7 Å². The minimum atomic E-state index is -3.75. The fourth-order valence-electron chi connectivity index (χ4n) is 4.62. The molecular formula is C30H30ClN3O5S2. The van der Waals surface area contributed by atoms with Crippen LogP contribution in [0, 0.1) is 0 Å². The number of esters is 1. The number of halogens is 1. The second-order valence-corrected chi connectivity index (χ2v) is 12.1. The number of fused-ring (bicyclic) bond motifs is 1. The normalized spacial score (nSPS) is 13.0. The van der Waals surface area contributed by atoms with E-state index in [1.165, 1.54) is 53.3 Å². The summed E-state index contributed by atoms with van der Waals surface area (Å²) in [6.45, 7) is 4.25. The fraction of sp³-hybridized carbons (Fsp3) is 0.200. The Hall–Kier alpha value is -3.70. The lowest BCUT2D eigenvalue weighted by Gasteiger charge is -2.27. The van der Waals surface area contributed by atoms with Crippen molar-refractivity contribution in [1.82, 2.24) is 4.90 Å². The number of benzene rings is 3. The molecule has 2 N–H and O–H groups in total. The molecule has 0 radical (unpaired) electrons. The molecule has 0 bridgehead atoms. The Bertz CT molecular complexity index is 1610. The number of carbonyl (C=O) groups excluding carboxylic acids is 2. The van der Waals surface area contributed by atoms with Crippen molar-refractivity contribution in [2.24, 2.45) is 0 Å². The topological polar surface area (TPSA) is 105 Å². The second-order valence-electron chi connectivity index (χ2n) is 9.32. The third-order valence-electron chi connectivity index (χ3n) is 6.54. The lowest BCUT2D eigenvalue weighted by Crippen LogP contribution is -2.29. The monoisotopic (exact) mass is 611 g/mol. The molecular weight excluding hydrogens is 582 g/mol. The minimum absolute atomic E-state index is 0. The Morgan fingerprint density at radius 3 is 2.27 bits per heavy atom. The number of nitrogens with zero attached hydrogens (tertiary/aromatic N) is 1. The van der Waals surface area contributed by atoms with E-state index in [-0.39, 0.29) is 23.9 Å². The standard InChI is InChI=1S/C30H29N3O5S2.ClH/c1-2-38-30(35)27-25-17-18-33(19-21-9-5-3-6-10-21)20-26(25)39-29(27)31-28(34)22-13-15-23(16-14-22)32-40(36,37)24-11-7-4-8-12-24;/h3-16,32H,2,17-20H2,1H3,(H,31,34);1H. The van der Waals surface area contributed by atoms with Gasteiger partial charge in [-0.05, 0) is 60.9 Å². The molecule has 1 aliphatic heterocycles. The zero-order chi connectivity index (χ0) is 28.1. The molecule has 8 nitrogen and oxygen atoms in total. The van der Waals surface area contributed by atoms with Gasteiger partial charge in [-0.25, -0.2) is 13.2 Å². The summed E-state index contributed by atoms with van der Waals surface area (Å²) in [5.41, 5.74) is 3.22. The Balaban J connectivity index is 0.00000387. The maximum absolute atomic E-state index is 13.2. The predicted octanol–water partition coefficient (Wildman–Crippen LogP) is 5.96. The summed E-state index contributed by atoms with van der Waals surface area (Å²) in [5, 5.41) is 3.36. The molecule has 0 saturated heterocycles. The number of hydrogen-bond donors (Lipinski definition) is 2. The van der Waals surface area contributed by atoms with Gasteiger partial charge in [-0.3, -0.25) is 14.4 Å². The Labute approximate surface area is 249 Å². The number of amides is 1. The number of ether oxygens (including phenoxy) is 1. The maximum Gasteiger partial charge on any atom is 0.341 e. The molecule has 2 heterocycles. The number of anilines is 2. The largest absolute Gasteiger partial charge is 0.462 e. The van der Waals surface area contributed by atoms with Crippen molar-refractivity contribution in [3.63, 3.8) is 0 Å². The van der Waals surface area contributed by atoms with E-state index in [1.54, 1.807) is 25.1 Å². The van der Waals surface area contributed by atoms with Crippen LogP contribution < -0.4 is 10.0 Å². The van der Waals surface area contributed by atoms with Gasteiger partial charge in [0.1, 0.15) is 5.00 Å². The van der Waals surface area contributed by atoms with Crippen LogP contribution in [0.2, 0.25) is 0 Å². The number of rotatable bonds is 9. The number of sulfonamides is 1. The zero-order valence-electron chi connectivity index (χ0n) is 22.3. The highest BCUT2D eigenvalue weighted by Gasteiger charge is 2.30. The molecule has 1 amide bonds. The summed E-state index contributed by atoms with van der Waals surface area (Å²) < 4.78 is 33.1. The van der Waals surface area contributed by atoms with Crippen LogP contribution in [0.3, 0.4) is 0 Å². The van der Waals surface area contributed by atoms with Gasteiger partial charge in [0.25, 0.3) is 15.9 Å². The predicted molar refractivity (Wildman–Crippen MR) is 163 cm³/mol. The van der Waals surface area contributed by atoms with Crippen molar-refractivity contribution in [3.8, 4) is 0 Å². The van der Waals surface area contributed by atoms with E-state index in [1.807, 2.05) is 18.2 Å². The molecule has 0 spiro atoms. The van der Waals surface area contributed by atoms with Gasteiger partial charge in [0.05, 0.1) is 17.1 Å². The SMILES string of the molecule is CCOC(=O)c1c(NC(=O)c2ccc(NS(=O)(=O)c3ccccc3)cc2)sc2c1CCN(Cc1ccccc1)C2.Cl. The lowest BCUT2D eigenvalue weighted by molar-refractivity contribution is 0.0526. The molecule has 5 rings (SSSR count). The molecule has 0 aliphatic carbocycles. The molecule has 3 aromatic carbocycles. The van der Waals surface area contributed by atoms with Gasteiger partial charge in [0.2, 0.25) is 0 Å². The smallest absolute Gasteiger partial charge is 0.341 e. The highest BCUT2D eigenvalue weighted by molar-refractivity contribution is 7.92. The van der Waals surface area contributed by atoms with Crippen LogP contribution in [-0.4, -0.2) is 38.3 Å². The molecule has 0 unspecified atom stereocenters. The van der Waals surface area contributed by atoms with E-state index in [9.17, 15) is 18.0 Å². The first-order chi connectivity index (χ1) is 19.3. The molecule has 4 aromatic rings. The summed E-state index contributed by atoms with van der Waals surface area (Å²) in [7, 11) is -3.75. The van der Waals surface area contributed by atoms with Crippen molar-refractivity contribution in [3.05, 3.63) is 112 Å². The van der Waals surface area contributed by atoms with Gasteiger partial charge < -0.3 is 10.1 Å². The fourth-order valence-corrected chi connectivity index (χ4v) is 6.97. The van der Waals surface area contributed by atoms with Gasteiger partial charge in [-0.2, -0.15) is 0 Å². The first-order valence-electron chi connectivity index (χ1n) is 12.9. The third-order valence-corrected chi connectivity index (χ3v) is 9.07. The van der Waals surface area contributed by atoms with Gasteiger partial charge in [-0.1, -0.05) is 48.5 Å². The summed E-state index contributed by atoms with van der Waals surface area (Å²) in [4.78, 5) is 29.6. The summed E-state index contributed by atoms with van der Waals surface area (Å²) in [6.07, 6.45) is 0.680. The summed E-state index contributed by atoms with van der Waals surface area (Å²) >= 11 is 1.40. The summed E-state index contributed by atoms with van der Waals surface area (Å²) in [6, 6.07) is 24.4. The van der Waals surface area contributed by atoms with E-state index < -0.39 is 21.9 Å². The average molecular weight is 612 g/mol. The van der Waals surface area contributed by atoms with E-state index in [0.29, 0.717) is 34.8 Å². The second kappa shape index (κ2) is 13.3. The Morgan fingerprint density at radius 2 is 1.61 bits per heavy atom. The van der Waals surface area contributed by atoms with Gasteiger partial charge >= 0.3 is 5.97 Å². The van der Waals surface area contributed by atoms with Gasteiger partial charge in [0, 0.05) is 35.8 Å². The van der Waals surface area contributed by atoms with Crippen LogP contribution in [0.5, 0.6) is 0 Å². The number of carbonyl (C=O) groups is 2. The third kappa shape index (κ3) is 7.15. The highest BCUT2D eigenvalue weighted by Crippen LogP contribution is 2.38. The Morgan fingerprint density at radius 1 is 0.951 bits per heavy atom. The number of hydrogen-bond acceptors (Lipinski definition) is 7. The van der Waals surface area contributed by atoms with Crippen LogP contribution in [-0.2, 0) is 34.3 Å². The van der Waals surface area contributed by atoms with Crippen molar-refractivity contribution in [2.45, 2.75) is 31.3 Å². The van der Waals surface area contributed by atoms with Gasteiger partial charge in [0.15, 0.2) is 0 Å². The Kier molecular flexibility index (Phi) is 9.82. The van der Waals surface area contributed by atoms with Crippen molar-refractivity contribution >= 4 is 56.3 Å².